The van der Waals surface area contributed by atoms with Gasteiger partial charge in [-0.15, -0.1) is 0 Å². The molecule has 70 valence electrons. The number of hydrogen-bond acceptors (Lipinski definition) is 2. The maximum absolute atomic E-state index is 10.7. The average molecular weight is 173 g/mol. The fraction of sp³-hybridized carbons (Fsp3) is 0.750. The van der Waals surface area contributed by atoms with Crippen molar-refractivity contribution in [3.63, 3.8) is 0 Å². The van der Waals surface area contributed by atoms with Crippen LogP contribution in [0.2, 0.25) is 0 Å². The first kappa shape index (κ1) is 10.9. The Morgan fingerprint density at radius 3 is 2.33 bits per heavy atom. The Morgan fingerprint density at radius 2 is 1.92 bits per heavy atom. The van der Waals surface area contributed by atoms with E-state index in [0.717, 1.165) is 6.42 Å². The van der Waals surface area contributed by atoms with Crippen LogP contribution in [-0.4, -0.2) is 35.5 Å². The van der Waals surface area contributed by atoms with Crippen LogP contribution in [0.15, 0.2) is 0 Å². The van der Waals surface area contributed by atoms with Gasteiger partial charge in [0.1, 0.15) is 0 Å². The third-order valence-corrected chi connectivity index (χ3v) is 1.67. The van der Waals surface area contributed by atoms with Gasteiger partial charge in [0.05, 0.1) is 0 Å². The number of hydrogen-bond donors (Lipinski definition) is 1. The van der Waals surface area contributed by atoms with Crippen LogP contribution in [0.25, 0.3) is 0 Å². The summed E-state index contributed by atoms with van der Waals surface area (Å²) >= 11 is 0. The molecule has 0 aliphatic rings. The van der Waals surface area contributed by atoms with E-state index < -0.39 is 5.97 Å². The molecule has 0 heterocycles. The van der Waals surface area contributed by atoms with Gasteiger partial charge in [-0.1, -0.05) is 0 Å². The van der Waals surface area contributed by atoms with Crippen LogP contribution in [-0.2, 0) is 9.59 Å². The van der Waals surface area contributed by atoms with Crippen LogP contribution >= 0.6 is 0 Å². The molecule has 0 aromatic carbocycles. The molecule has 0 aromatic rings. The molecule has 0 fully saturated rings. The van der Waals surface area contributed by atoms with Crippen LogP contribution in [0.4, 0.5) is 0 Å². The molecule has 0 rings (SSSR count). The highest BCUT2D eigenvalue weighted by atomic mass is 16.4. The van der Waals surface area contributed by atoms with Crippen LogP contribution in [0.5, 0.6) is 0 Å². The largest absolute Gasteiger partial charge is 0.481 e. The zero-order valence-corrected chi connectivity index (χ0v) is 7.54. The number of carboxylic acids is 1. The summed E-state index contributed by atoms with van der Waals surface area (Å²) in [6.45, 7) is 2.14. The van der Waals surface area contributed by atoms with E-state index >= 15 is 0 Å². The minimum absolute atomic E-state index is 0.0188. The monoisotopic (exact) mass is 173 g/mol. The molecular formula is C8H15NO3. The molecule has 0 radical (unpaired) electrons. The summed E-state index contributed by atoms with van der Waals surface area (Å²) < 4.78 is 0. The molecule has 0 aromatic heterocycles. The molecule has 1 N–H and O–H groups in total. The Labute approximate surface area is 72.2 Å². The fourth-order valence-electron chi connectivity index (χ4n) is 0.783. The molecular weight excluding hydrogens is 158 g/mol. The second-order valence-electron chi connectivity index (χ2n) is 2.79. The number of amides is 1. The summed E-state index contributed by atoms with van der Waals surface area (Å²) in [5.74, 6) is -0.759. The molecule has 0 saturated heterocycles. The van der Waals surface area contributed by atoms with Crippen molar-refractivity contribution < 1.29 is 14.7 Å². The third-order valence-electron chi connectivity index (χ3n) is 1.67. The van der Waals surface area contributed by atoms with Crippen molar-refractivity contribution in [3.05, 3.63) is 0 Å². The number of unbranched alkanes of at least 4 members (excludes halogenated alkanes) is 1. The summed E-state index contributed by atoms with van der Waals surface area (Å²) in [5.41, 5.74) is 0. The molecule has 0 saturated carbocycles. The highest BCUT2D eigenvalue weighted by molar-refractivity contribution is 5.72. The van der Waals surface area contributed by atoms with Crippen LogP contribution in [0.3, 0.4) is 0 Å². The van der Waals surface area contributed by atoms with E-state index in [4.69, 9.17) is 5.11 Å². The third kappa shape index (κ3) is 5.70. The smallest absolute Gasteiger partial charge is 0.303 e. The number of rotatable bonds is 5. The maximum atomic E-state index is 10.7. The zero-order valence-electron chi connectivity index (χ0n) is 7.54. The van der Waals surface area contributed by atoms with Gasteiger partial charge in [-0.3, -0.25) is 9.59 Å². The summed E-state index contributed by atoms with van der Waals surface area (Å²) in [6.07, 6.45) is 1.57. The lowest BCUT2D eigenvalue weighted by Crippen LogP contribution is -2.24. The first-order valence-corrected chi connectivity index (χ1v) is 3.97. The topological polar surface area (TPSA) is 57.6 Å². The van der Waals surface area contributed by atoms with Gasteiger partial charge >= 0.3 is 5.97 Å². The molecule has 4 nitrogen and oxygen atoms in total. The number of carboxylic acid groups (broad SMARTS) is 1. The Balaban J connectivity index is 3.31. The number of carbonyl (C=O) groups excluding carboxylic acids is 1. The first-order chi connectivity index (χ1) is 5.54. The van der Waals surface area contributed by atoms with Gasteiger partial charge in [-0.25, -0.2) is 0 Å². The molecule has 12 heavy (non-hydrogen) atoms. The van der Waals surface area contributed by atoms with Gasteiger partial charge in [-0.2, -0.15) is 0 Å². The van der Waals surface area contributed by atoms with E-state index in [1.807, 2.05) is 0 Å². The minimum Gasteiger partial charge on any atom is -0.481 e. The molecule has 1 amide bonds. The van der Waals surface area contributed by atoms with E-state index in [-0.39, 0.29) is 12.3 Å². The highest BCUT2D eigenvalue weighted by Crippen LogP contribution is 1.97. The standard InChI is InChI=1S/C8H15NO3/c1-7(10)9(2)6-4-3-5-8(11)12/h3-6H2,1-2H3,(H,11,12). The van der Waals surface area contributed by atoms with E-state index in [1.165, 1.54) is 6.92 Å². The Morgan fingerprint density at radius 1 is 1.33 bits per heavy atom. The van der Waals surface area contributed by atoms with Crippen molar-refractivity contribution in [1.82, 2.24) is 4.90 Å². The lowest BCUT2D eigenvalue weighted by Gasteiger charge is -2.13. The normalized spacial score (nSPS) is 9.50. The molecule has 4 heteroatoms. The number of nitrogens with zero attached hydrogens (tertiary/aromatic N) is 1. The second kappa shape index (κ2) is 5.57. The Bertz CT molecular complexity index is 168. The van der Waals surface area contributed by atoms with E-state index in [0.29, 0.717) is 13.0 Å². The molecule has 0 aliphatic carbocycles. The van der Waals surface area contributed by atoms with Gasteiger partial charge < -0.3 is 10.0 Å². The lowest BCUT2D eigenvalue weighted by molar-refractivity contribution is -0.137. The van der Waals surface area contributed by atoms with Crippen LogP contribution in [0, 0.1) is 0 Å². The van der Waals surface area contributed by atoms with Crippen molar-refractivity contribution in [1.29, 1.82) is 0 Å². The lowest BCUT2D eigenvalue weighted by atomic mass is 10.2. The van der Waals surface area contributed by atoms with Crippen molar-refractivity contribution in [2.45, 2.75) is 26.2 Å². The number of aliphatic carboxylic acids is 1. The molecule has 0 aliphatic heterocycles. The summed E-state index contributed by atoms with van der Waals surface area (Å²) in [6, 6.07) is 0. The first-order valence-electron chi connectivity index (χ1n) is 3.97. The van der Waals surface area contributed by atoms with E-state index in [9.17, 15) is 9.59 Å². The molecule has 0 unspecified atom stereocenters. The van der Waals surface area contributed by atoms with Crippen LogP contribution < -0.4 is 0 Å². The minimum atomic E-state index is -0.777. The summed E-state index contributed by atoms with van der Waals surface area (Å²) in [5, 5.41) is 8.31. The Hall–Kier alpha value is -1.06. The van der Waals surface area contributed by atoms with Gasteiger partial charge in [0.25, 0.3) is 0 Å². The van der Waals surface area contributed by atoms with Gasteiger partial charge in [-0.05, 0) is 12.8 Å². The van der Waals surface area contributed by atoms with Crippen LogP contribution in [0.1, 0.15) is 26.2 Å². The van der Waals surface area contributed by atoms with Crippen molar-refractivity contribution in [3.8, 4) is 0 Å². The van der Waals surface area contributed by atoms with Gasteiger partial charge in [0, 0.05) is 26.9 Å². The Kier molecular flexibility index (Phi) is 5.08. The quantitative estimate of drug-likeness (QED) is 0.623. The predicted octanol–water partition coefficient (Wildman–Crippen LogP) is 0.720. The van der Waals surface area contributed by atoms with Crippen molar-refractivity contribution >= 4 is 11.9 Å². The average Bonchev–Trinajstić information content (AvgIpc) is 1.97. The van der Waals surface area contributed by atoms with Crippen molar-refractivity contribution in [2.24, 2.45) is 0 Å². The van der Waals surface area contributed by atoms with E-state index in [2.05, 4.69) is 0 Å². The molecule has 0 atom stereocenters. The molecule has 0 spiro atoms. The molecule has 0 bridgehead atoms. The highest BCUT2D eigenvalue weighted by Gasteiger charge is 2.01. The van der Waals surface area contributed by atoms with Gasteiger partial charge in [0.2, 0.25) is 5.91 Å². The SMILES string of the molecule is CC(=O)N(C)CCCCC(=O)O. The summed E-state index contributed by atoms with van der Waals surface area (Å²) in [4.78, 5) is 22.4. The van der Waals surface area contributed by atoms with Gasteiger partial charge in [0.15, 0.2) is 0 Å². The maximum Gasteiger partial charge on any atom is 0.303 e. The zero-order chi connectivity index (χ0) is 9.56. The number of carbonyl (C=O) groups is 2. The van der Waals surface area contributed by atoms with E-state index in [1.54, 1.807) is 11.9 Å². The van der Waals surface area contributed by atoms with Crippen molar-refractivity contribution in [2.75, 3.05) is 13.6 Å². The fourth-order valence-corrected chi connectivity index (χ4v) is 0.783. The second-order valence-corrected chi connectivity index (χ2v) is 2.79. The summed E-state index contributed by atoms with van der Waals surface area (Å²) in [7, 11) is 1.71. The predicted molar refractivity (Wildman–Crippen MR) is 44.8 cm³/mol.